The van der Waals surface area contributed by atoms with Crippen LogP contribution in [0.15, 0.2) is 182 Å². The van der Waals surface area contributed by atoms with Gasteiger partial charge in [-0.05, 0) is 55.4 Å². The predicted octanol–water partition coefficient (Wildman–Crippen LogP) is 11.9. The quantitative estimate of drug-likeness (QED) is 0.0517. The average molecular weight is 1160 g/mol. The predicted molar refractivity (Wildman–Crippen MR) is 336 cm³/mol. The van der Waals surface area contributed by atoms with Crippen LogP contribution in [0.5, 0.6) is 0 Å². The molecule has 0 aliphatic heterocycles. The lowest BCUT2D eigenvalue weighted by atomic mass is 9.97. The number of benzene rings is 6. The summed E-state index contributed by atoms with van der Waals surface area (Å²) in [6.07, 6.45) is -0.223. The summed E-state index contributed by atoms with van der Waals surface area (Å²) in [7, 11) is 4.83. The Balaban J connectivity index is 1.41. The number of hydrogen-bond donors (Lipinski definition) is 0. The number of carbonyl (C=O) groups is 6. The first kappa shape index (κ1) is 65.3. The zero-order chi connectivity index (χ0) is 61.4. The number of amides is 5. The van der Waals surface area contributed by atoms with Crippen molar-refractivity contribution in [2.24, 2.45) is 5.92 Å². The van der Waals surface area contributed by atoms with Crippen LogP contribution in [0.4, 0.5) is 4.79 Å². The van der Waals surface area contributed by atoms with E-state index in [0.717, 1.165) is 39.4 Å². The molecule has 0 aliphatic carbocycles. The molecule has 0 bridgehead atoms. The Morgan fingerprint density at radius 1 is 0.369 bits per heavy atom. The second-order valence-corrected chi connectivity index (χ2v) is 30.1. The topological polar surface area (TPSA) is 137 Å². The van der Waals surface area contributed by atoms with E-state index in [-0.39, 0.29) is 54.7 Å². The smallest absolute Gasteiger partial charge is 0.410 e. The third kappa shape index (κ3) is 16.9. The van der Waals surface area contributed by atoms with Gasteiger partial charge in [-0.3, -0.25) is 28.9 Å². The zero-order valence-electron chi connectivity index (χ0n) is 51.7. The first-order valence-electron chi connectivity index (χ1n) is 29.3. The largest absolute Gasteiger partial charge is 0.516 e. The molecule has 0 saturated heterocycles. The third-order valence-electron chi connectivity index (χ3n) is 16.4. The van der Waals surface area contributed by atoms with Gasteiger partial charge in [0.05, 0.1) is 0 Å². The summed E-state index contributed by atoms with van der Waals surface area (Å²) in [5.74, 6) is -2.32. The molecule has 0 radical (unpaired) electrons. The number of carbonyl (C=O) groups excluding carboxylic acids is 6. The number of nitrogens with zero attached hydrogens (tertiary/aromatic N) is 5. The van der Waals surface area contributed by atoms with E-state index in [9.17, 15) is 4.79 Å². The normalized spacial score (nSPS) is 13.5. The average Bonchev–Trinajstić information content (AvgIpc) is 1.53. The fourth-order valence-corrected chi connectivity index (χ4v) is 17.3. The van der Waals surface area contributed by atoms with Crippen LogP contribution < -0.4 is 0 Å². The summed E-state index contributed by atoms with van der Waals surface area (Å²) in [5.41, 5.74) is 4.70. The van der Waals surface area contributed by atoms with Crippen molar-refractivity contribution < 1.29 is 37.9 Å². The van der Waals surface area contributed by atoms with Crippen molar-refractivity contribution in [3.05, 3.63) is 215 Å². The van der Waals surface area contributed by atoms with Crippen molar-refractivity contribution in [3.63, 3.8) is 0 Å². The Kier molecular flexibility index (Phi) is 23.0. The second-order valence-electron chi connectivity index (χ2n) is 24.8. The highest BCUT2D eigenvalue weighted by atomic mass is 28.4. The van der Waals surface area contributed by atoms with E-state index < -0.39 is 74.2 Å². The molecule has 0 fully saturated rings. The summed E-state index contributed by atoms with van der Waals surface area (Å²) in [6, 6.07) is 51.3. The molecule has 0 aromatic heterocycles. The Bertz CT molecular complexity index is 3050. The van der Waals surface area contributed by atoms with Crippen molar-refractivity contribution in [2.75, 3.05) is 35.2 Å². The molecular formula is C70H89N5O8Si. The zero-order valence-corrected chi connectivity index (χ0v) is 52.7. The van der Waals surface area contributed by atoms with E-state index in [1.807, 2.05) is 182 Å². The van der Waals surface area contributed by atoms with Gasteiger partial charge in [0.2, 0.25) is 23.6 Å². The number of rotatable bonds is 25. The number of hydrogen-bond acceptors (Lipinski definition) is 8. The van der Waals surface area contributed by atoms with Gasteiger partial charge >= 0.3 is 12.1 Å². The fourth-order valence-electron chi connectivity index (χ4n) is 11.5. The van der Waals surface area contributed by atoms with Crippen molar-refractivity contribution in [1.82, 2.24) is 24.5 Å². The van der Waals surface area contributed by atoms with Gasteiger partial charge in [0, 0.05) is 67.3 Å². The van der Waals surface area contributed by atoms with E-state index in [1.165, 1.54) is 31.5 Å². The lowest BCUT2D eigenvalue weighted by Gasteiger charge is -2.51. The van der Waals surface area contributed by atoms with Crippen LogP contribution in [-0.4, -0.2) is 134 Å². The molecule has 6 aromatic rings. The minimum atomic E-state index is -3.03. The molecule has 13 nitrogen and oxygen atoms in total. The van der Waals surface area contributed by atoms with Gasteiger partial charge in [-0.2, -0.15) is 0 Å². The minimum Gasteiger partial charge on any atom is -0.516 e. The van der Waals surface area contributed by atoms with Crippen molar-refractivity contribution in [3.8, 4) is 0 Å². The maximum absolute atomic E-state index is 15.9. The Morgan fingerprint density at radius 3 is 0.869 bits per heavy atom. The van der Waals surface area contributed by atoms with Crippen LogP contribution in [-0.2, 0) is 71.8 Å². The molecule has 6 aromatic carbocycles. The summed E-state index contributed by atoms with van der Waals surface area (Å²) < 4.78 is 12.8. The first-order chi connectivity index (χ1) is 39.8. The van der Waals surface area contributed by atoms with E-state index >= 15 is 24.0 Å². The first-order valence-corrected chi connectivity index (χ1v) is 31.4. The van der Waals surface area contributed by atoms with Gasteiger partial charge in [-0.15, -0.1) is 0 Å². The van der Waals surface area contributed by atoms with Crippen molar-refractivity contribution >= 4 is 44.0 Å². The van der Waals surface area contributed by atoms with E-state index in [1.54, 1.807) is 28.2 Å². The summed E-state index contributed by atoms with van der Waals surface area (Å²) in [5, 5.41) is -0.742. The minimum absolute atomic E-state index is 0.0123. The molecule has 14 heteroatoms. The molecule has 0 aliphatic rings. The van der Waals surface area contributed by atoms with E-state index in [0.29, 0.717) is 0 Å². The molecule has 0 unspecified atom stereocenters. The Labute approximate surface area is 501 Å². The molecular weight excluding hydrogens is 1070 g/mol. The summed E-state index contributed by atoms with van der Waals surface area (Å²) in [4.78, 5) is 99.1. The maximum Gasteiger partial charge on any atom is 0.410 e. The highest BCUT2D eigenvalue weighted by Gasteiger charge is 2.58. The Morgan fingerprint density at radius 2 is 0.607 bits per heavy atom. The third-order valence-corrected chi connectivity index (χ3v) is 23.2. The van der Waals surface area contributed by atoms with Crippen LogP contribution in [0.2, 0.25) is 16.1 Å². The molecule has 6 rings (SSSR count). The summed E-state index contributed by atoms with van der Waals surface area (Å²) >= 11 is 0. The molecule has 5 atom stereocenters. The molecule has 0 spiro atoms. The fraction of sp³-hybridized carbons (Fsp3) is 0.400. The van der Waals surface area contributed by atoms with Gasteiger partial charge < -0.3 is 28.8 Å². The standard InChI is InChI=1S/C70H89N5O8Si/c1-51(2)50-84(69(3,4)5,70(6,7)8)83-67(80)62(48-56-40-28-18-29-41-56)74(12)65(78)60(46-54-36-24-16-25-37-54)72(10)63(76)58(44-52-32-20-14-21-33-52)71(9)64(77)59(45-53-34-22-15-23-35-53)73(11)66(79)61(47-55-38-26-17-27-39-55)75(13)68(81)82-49-57-42-30-19-31-43-57/h14-43,51,58-62H,44-50H2,1-13H3/t58-,59-,60-,61-,62-/m0/s1. The molecule has 0 saturated carbocycles. The van der Waals surface area contributed by atoms with Crippen molar-refractivity contribution in [1.29, 1.82) is 0 Å². The maximum atomic E-state index is 15.9. The highest BCUT2D eigenvalue weighted by Crippen LogP contribution is 2.55. The molecule has 0 N–H and O–H groups in total. The van der Waals surface area contributed by atoms with E-state index in [4.69, 9.17) is 9.16 Å². The molecule has 446 valence electrons. The number of ether oxygens (including phenoxy) is 1. The molecule has 0 heterocycles. The van der Waals surface area contributed by atoms with Gasteiger partial charge in [-0.25, -0.2) is 4.79 Å². The monoisotopic (exact) mass is 1160 g/mol. The molecule has 84 heavy (non-hydrogen) atoms. The Hall–Kier alpha value is -7.84. The highest BCUT2D eigenvalue weighted by molar-refractivity contribution is 6.80. The molecule has 5 amide bonds. The van der Waals surface area contributed by atoms with Crippen LogP contribution in [0.1, 0.15) is 88.8 Å². The summed E-state index contributed by atoms with van der Waals surface area (Å²) in [6.45, 7) is 17.2. The van der Waals surface area contributed by atoms with Crippen LogP contribution in [0.25, 0.3) is 0 Å². The second kappa shape index (κ2) is 29.6. The van der Waals surface area contributed by atoms with Crippen molar-refractivity contribution in [2.45, 2.75) is 140 Å². The SMILES string of the molecule is CC(C)C[Si](OC(=O)[C@H](Cc1ccccc1)N(C)C(=O)[C@H](Cc1ccccc1)N(C)C(=O)[C@H](Cc1ccccc1)N(C)C(=O)[C@H](Cc1ccccc1)N(C)C(=O)[C@H](Cc1ccccc1)N(C)C(=O)OCc1ccccc1)(C(C)(C)C)C(C)(C)C. The van der Waals surface area contributed by atoms with Crippen LogP contribution >= 0.6 is 0 Å². The van der Waals surface area contributed by atoms with E-state index in [2.05, 4.69) is 55.4 Å². The number of likely N-dealkylation sites (N-methyl/N-ethyl adjacent to an activating group) is 5. The van der Waals surface area contributed by atoms with Gasteiger partial charge in [0.15, 0.2) is 0 Å². The van der Waals surface area contributed by atoms with Gasteiger partial charge in [0.1, 0.15) is 36.8 Å². The van der Waals surface area contributed by atoms with Gasteiger partial charge in [0.25, 0.3) is 8.32 Å². The van der Waals surface area contributed by atoms with Crippen LogP contribution in [0, 0.1) is 5.92 Å². The van der Waals surface area contributed by atoms with Gasteiger partial charge in [-0.1, -0.05) is 237 Å². The van der Waals surface area contributed by atoms with Crippen LogP contribution in [0.3, 0.4) is 0 Å². The lowest BCUT2D eigenvalue weighted by molar-refractivity contribution is -0.155. The lowest BCUT2D eigenvalue weighted by Crippen LogP contribution is -2.62.